The number of rotatable bonds is 5. The van der Waals surface area contributed by atoms with Crippen LogP contribution >= 0.6 is 0 Å². The molecule has 170 valence electrons. The molecule has 5 rings (SSSR count). The monoisotopic (exact) mass is 451 g/mol. The van der Waals surface area contributed by atoms with E-state index in [-0.39, 0.29) is 17.7 Å². The maximum atomic E-state index is 14.6. The van der Waals surface area contributed by atoms with Gasteiger partial charge in [0.1, 0.15) is 5.75 Å². The van der Waals surface area contributed by atoms with Gasteiger partial charge in [-0.1, -0.05) is 0 Å². The molecule has 0 saturated carbocycles. The Kier molecular flexibility index (Phi) is 5.29. The Balaban J connectivity index is 1.63. The molecule has 0 radical (unpaired) electrons. The summed E-state index contributed by atoms with van der Waals surface area (Å²) in [6, 6.07) is 8.96. The molecule has 9 nitrogen and oxygen atoms in total. The zero-order valence-electron chi connectivity index (χ0n) is 18.2. The van der Waals surface area contributed by atoms with Crippen LogP contribution < -0.4 is 4.74 Å². The summed E-state index contributed by atoms with van der Waals surface area (Å²) >= 11 is 0. The minimum absolute atomic E-state index is 0.108. The summed E-state index contributed by atoms with van der Waals surface area (Å²) in [5, 5.41) is 20.7. The van der Waals surface area contributed by atoms with E-state index in [0.717, 1.165) is 47.6 Å². The maximum absolute atomic E-state index is 14.6. The molecule has 10 heteroatoms. The normalized spacial score (nSPS) is 16.3. The molecule has 1 fully saturated rings. The van der Waals surface area contributed by atoms with Crippen molar-refractivity contribution in [1.82, 2.24) is 19.6 Å². The summed E-state index contributed by atoms with van der Waals surface area (Å²) in [7, 11) is 1.82. The van der Waals surface area contributed by atoms with Crippen molar-refractivity contribution in [2.45, 2.75) is 32.4 Å². The first-order valence-corrected chi connectivity index (χ1v) is 10.7. The Labute approximate surface area is 188 Å². The van der Waals surface area contributed by atoms with Crippen LogP contribution in [0.2, 0.25) is 0 Å². The zero-order valence-corrected chi connectivity index (χ0v) is 18.2. The van der Waals surface area contributed by atoms with Crippen molar-refractivity contribution in [3.63, 3.8) is 0 Å². The lowest BCUT2D eigenvalue weighted by molar-refractivity contribution is -0.385. The largest absolute Gasteiger partial charge is 0.454 e. The Morgan fingerprint density at radius 1 is 1.21 bits per heavy atom. The van der Waals surface area contributed by atoms with E-state index in [2.05, 4.69) is 10.2 Å². The highest BCUT2D eigenvalue weighted by Crippen LogP contribution is 2.39. The second kappa shape index (κ2) is 8.28. The van der Waals surface area contributed by atoms with Crippen molar-refractivity contribution in [3.05, 3.63) is 64.2 Å². The molecule has 1 aliphatic rings. The van der Waals surface area contributed by atoms with Crippen LogP contribution in [0.5, 0.6) is 11.5 Å². The van der Waals surface area contributed by atoms with Crippen LogP contribution in [0.1, 0.15) is 31.2 Å². The van der Waals surface area contributed by atoms with Gasteiger partial charge in [-0.05, 0) is 50.5 Å². The van der Waals surface area contributed by atoms with Crippen molar-refractivity contribution < 1.29 is 18.8 Å². The highest BCUT2D eigenvalue weighted by atomic mass is 19.1. The molecular formula is C23H22FN5O4. The highest BCUT2D eigenvalue weighted by Gasteiger charge is 2.22. The lowest BCUT2D eigenvalue weighted by atomic mass is 10.1. The van der Waals surface area contributed by atoms with Crippen LogP contribution in [-0.2, 0) is 11.8 Å². The average Bonchev–Trinajstić information content (AvgIpc) is 3.36. The number of ether oxygens (including phenoxy) is 2. The Morgan fingerprint density at radius 2 is 2.06 bits per heavy atom. The molecule has 1 atom stereocenters. The first kappa shape index (κ1) is 21.1. The molecule has 33 heavy (non-hydrogen) atoms. The summed E-state index contributed by atoms with van der Waals surface area (Å²) in [5.41, 5.74) is 2.83. The van der Waals surface area contributed by atoms with Crippen LogP contribution in [0.4, 0.5) is 10.1 Å². The van der Waals surface area contributed by atoms with E-state index in [1.807, 2.05) is 30.8 Å². The van der Waals surface area contributed by atoms with Gasteiger partial charge in [0.2, 0.25) is 0 Å². The number of aromatic nitrogens is 4. The van der Waals surface area contributed by atoms with Gasteiger partial charge >= 0.3 is 0 Å². The van der Waals surface area contributed by atoms with Crippen molar-refractivity contribution in [2.24, 2.45) is 7.05 Å². The first-order chi connectivity index (χ1) is 15.9. The molecule has 0 N–H and O–H groups in total. The van der Waals surface area contributed by atoms with E-state index in [4.69, 9.17) is 9.47 Å². The van der Waals surface area contributed by atoms with E-state index >= 15 is 0 Å². The first-order valence-electron chi connectivity index (χ1n) is 10.7. The van der Waals surface area contributed by atoms with E-state index in [1.165, 1.54) is 12.1 Å². The van der Waals surface area contributed by atoms with Crippen molar-refractivity contribution in [3.8, 4) is 22.8 Å². The molecule has 0 bridgehead atoms. The maximum Gasteiger partial charge on any atom is 0.272 e. The van der Waals surface area contributed by atoms with E-state index in [0.29, 0.717) is 17.9 Å². The molecular weight excluding hydrogens is 429 g/mol. The number of nitro groups is 1. The number of hydrogen-bond acceptors (Lipinski definition) is 6. The van der Waals surface area contributed by atoms with Gasteiger partial charge in [0.05, 0.1) is 34.1 Å². The molecule has 1 saturated heterocycles. The third-order valence-electron chi connectivity index (χ3n) is 5.75. The van der Waals surface area contributed by atoms with E-state index in [1.54, 1.807) is 16.9 Å². The quantitative estimate of drug-likeness (QED) is 0.302. The predicted octanol–water partition coefficient (Wildman–Crippen LogP) is 5.28. The summed E-state index contributed by atoms with van der Waals surface area (Å²) in [5.74, 6) is -0.534. The second-order valence-corrected chi connectivity index (χ2v) is 8.09. The van der Waals surface area contributed by atoms with E-state index in [9.17, 15) is 14.5 Å². The Hall–Kier alpha value is -3.79. The fourth-order valence-corrected chi connectivity index (χ4v) is 4.17. The molecule has 0 amide bonds. The topological polar surface area (TPSA) is 97.2 Å². The average molecular weight is 451 g/mol. The van der Waals surface area contributed by atoms with Crippen LogP contribution in [0, 0.1) is 22.9 Å². The molecule has 1 unspecified atom stereocenters. The minimum atomic E-state index is -0.817. The number of nitrogens with zero attached hydrogens (tertiary/aromatic N) is 5. The number of fused-ring (bicyclic) bond motifs is 1. The van der Waals surface area contributed by atoms with Gasteiger partial charge in [0.15, 0.2) is 17.8 Å². The molecule has 2 aromatic carbocycles. The third kappa shape index (κ3) is 3.93. The van der Waals surface area contributed by atoms with Gasteiger partial charge in [0, 0.05) is 30.7 Å². The smallest absolute Gasteiger partial charge is 0.272 e. The van der Waals surface area contributed by atoms with Gasteiger partial charge in [-0.2, -0.15) is 10.2 Å². The lowest BCUT2D eigenvalue weighted by Gasteiger charge is -2.23. The third-order valence-corrected chi connectivity index (χ3v) is 5.75. The van der Waals surface area contributed by atoms with Crippen LogP contribution in [0.25, 0.3) is 22.2 Å². The fraction of sp³-hybridized carbons (Fsp3) is 0.304. The fourth-order valence-electron chi connectivity index (χ4n) is 4.17. The summed E-state index contributed by atoms with van der Waals surface area (Å²) < 4.78 is 30.1. The van der Waals surface area contributed by atoms with Gasteiger partial charge in [-0.15, -0.1) is 0 Å². The molecule has 1 aliphatic heterocycles. The summed E-state index contributed by atoms with van der Waals surface area (Å²) in [6.07, 6.45) is 4.57. The standard InChI is InChI=1S/C23H22FN5O4/c1-14-9-20(27(2)26-14)17-12-19-15(13-25-28(19)23-5-3-4-8-32-23)10-22(17)33-21-7-6-16(29(30)31)11-18(21)24/h6-7,9-13,23H,3-5,8H2,1-2H3. The second-order valence-electron chi connectivity index (χ2n) is 8.09. The molecule has 0 spiro atoms. The lowest BCUT2D eigenvalue weighted by Crippen LogP contribution is -2.19. The van der Waals surface area contributed by atoms with Crippen molar-refractivity contribution >= 4 is 16.6 Å². The van der Waals surface area contributed by atoms with Crippen LogP contribution in [-0.4, -0.2) is 31.1 Å². The number of non-ortho nitro benzene ring substituents is 1. The molecule has 0 aliphatic carbocycles. The van der Waals surface area contributed by atoms with Crippen LogP contribution in [0.15, 0.2) is 42.6 Å². The molecule has 3 heterocycles. The Morgan fingerprint density at radius 3 is 2.73 bits per heavy atom. The highest BCUT2D eigenvalue weighted by molar-refractivity contribution is 5.88. The zero-order chi connectivity index (χ0) is 23.1. The molecule has 4 aromatic rings. The number of nitro benzene ring substituents is 1. The van der Waals surface area contributed by atoms with Crippen LogP contribution in [0.3, 0.4) is 0 Å². The SMILES string of the molecule is Cc1cc(-c2cc3c(cnn3C3CCCCO3)cc2Oc2ccc([N+](=O)[O-])cc2F)n(C)n1. The predicted molar refractivity (Wildman–Crippen MR) is 119 cm³/mol. The summed E-state index contributed by atoms with van der Waals surface area (Å²) in [4.78, 5) is 10.3. The molecule has 2 aromatic heterocycles. The number of benzene rings is 2. The van der Waals surface area contributed by atoms with Gasteiger partial charge in [-0.25, -0.2) is 9.07 Å². The van der Waals surface area contributed by atoms with Gasteiger partial charge in [-0.3, -0.25) is 14.8 Å². The summed E-state index contributed by atoms with van der Waals surface area (Å²) in [6.45, 7) is 2.58. The van der Waals surface area contributed by atoms with Crippen molar-refractivity contribution in [1.29, 1.82) is 0 Å². The van der Waals surface area contributed by atoms with Gasteiger partial charge < -0.3 is 9.47 Å². The van der Waals surface area contributed by atoms with E-state index < -0.39 is 10.7 Å². The Bertz CT molecular complexity index is 1360. The number of halogens is 1. The number of aryl methyl sites for hydroxylation is 2. The number of hydrogen-bond donors (Lipinski definition) is 0. The van der Waals surface area contributed by atoms with Gasteiger partial charge in [0.25, 0.3) is 5.69 Å². The van der Waals surface area contributed by atoms with Crippen molar-refractivity contribution in [2.75, 3.05) is 6.61 Å². The minimum Gasteiger partial charge on any atom is -0.454 e.